The van der Waals surface area contributed by atoms with Crippen LogP contribution in [0.3, 0.4) is 0 Å². The highest BCUT2D eigenvalue weighted by Crippen LogP contribution is 2.23. The van der Waals surface area contributed by atoms with Gasteiger partial charge in [0.2, 0.25) is 11.8 Å². The Morgan fingerprint density at radius 1 is 1.00 bits per heavy atom. The lowest BCUT2D eigenvalue weighted by molar-refractivity contribution is -0.143. The van der Waals surface area contributed by atoms with Gasteiger partial charge in [0.1, 0.15) is 18.2 Å². The fourth-order valence-corrected chi connectivity index (χ4v) is 3.32. The van der Waals surface area contributed by atoms with E-state index in [4.69, 9.17) is 9.47 Å². The van der Waals surface area contributed by atoms with Crippen LogP contribution in [0.25, 0.3) is 0 Å². The van der Waals surface area contributed by atoms with Gasteiger partial charge in [-0.25, -0.2) is 4.79 Å². The Morgan fingerprint density at radius 3 is 2.20 bits per heavy atom. The maximum absolute atomic E-state index is 13.3. The number of carbonyl (C=O) groups is 4. The first-order valence-electron chi connectivity index (χ1n) is 12.3. The van der Waals surface area contributed by atoms with Crippen LogP contribution in [0.1, 0.15) is 78.0 Å². The summed E-state index contributed by atoms with van der Waals surface area (Å²) in [5.41, 5.74) is 1.06. The number of nitrogens with one attached hydrogen (secondary N) is 2. The Labute approximate surface area is 208 Å². The van der Waals surface area contributed by atoms with Gasteiger partial charge >= 0.3 is 12.1 Å². The van der Waals surface area contributed by atoms with Crippen LogP contribution in [-0.2, 0) is 30.3 Å². The molecule has 1 aromatic carbocycles. The molecule has 0 saturated carbocycles. The molecule has 9 nitrogen and oxygen atoms in total. The lowest BCUT2D eigenvalue weighted by Crippen LogP contribution is -2.48. The monoisotopic (exact) mass is 491 g/mol. The number of carbonyl (C=O) groups excluding carboxylic acids is 4. The van der Waals surface area contributed by atoms with E-state index in [1.165, 1.54) is 4.90 Å². The third kappa shape index (κ3) is 11.2. The highest BCUT2D eigenvalue weighted by Gasteiger charge is 2.31. The summed E-state index contributed by atoms with van der Waals surface area (Å²) in [5.74, 6) is -1.22. The highest BCUT2D eigenvalue weighted by molar-refractivity contribution is 5.90. The van der Waals surface area contributed by atoms with E-state index in [-0.39, 0.29) is 26.1 Å². The molecule has 0 aromatic heterocycles. The molecule has 0 bridgehead atoms. The molecule has 196 valence electrons. The van der Waals surface area contributed by atoms with Crippen LogP contribution in [0.4, 0.5) is 4.79 Å². The van der Waals surface area contributed by atoms with Gasteiger partial charge in [0.25, 0.3) is 0 Å². The fourth-order valence-electron chi connectivity index (χ4n) is 3.32. The lowest BCUT2D eigenvalue weighted by Gasteiger charge is -2.32. The first kappa shape index (κ1) is 29.9. The number of unbranched alkanes of at least 4 members (excludes halogenated alkanes) is 1. The van der Waals surface area contributed by atoms with E-state index in [9.17, 15) is 19.2 Å². The molecule has 0 aliphatic heterocycles. The number of rotatable bonds is 13. The second-order valence-corrected chi connectivity index (χ2v) is 9.14. The molecule has 0 radical (unpaired) electrons. The normalized spacial score (nSPS) is 11.8. The molecule has 0 spiro atoms. The van der Waals surface area contributed by atoms with Crippen LogP contribution in [0, 0.1) is 0 Å². The fraction of sp³-hybridized carbons (Fsp3) is 0.615. The molecular formula is C26H41N3O6. The number of amides is 3. The second kappa shape index (κ2) is 15.0. The van der Waals surface area contributed by atoms with Gasteiger partial charge in [-0.1, -0.05) is 44.5 Å². The first-order valence-corrected chi connectivity index (χ1v) is 12.3. The van der Waals surface area contributed by atoms with E-state index < -0.39 is 35.5 Å². The van der Waals surface area contributed by atoms with Gasteiger partial charge in [-0.3, -0.25) is 14.4 Å². The summed E-state index contributed by atoms with van der Waals surface area (Å²) >= 11 is 0. The van der Waals surface area contributed by atoms with Crippen molar-refractivity contribution in [2.75, 3.05) is 26.2 Å². The third-order valence-electron chi connectivity index (χ3n) is 5.05. The molecule has 1 atom stereocenters. The molecule has 0 heterocycles. The number of ether oxygens (including phenoxy) is 2. The van der Waals surface area contributed by atoms with E-state index in [0.29, 0.717) is 18.5 Å². The number of alkyl carbamates (subject to hydrolysis) is 1. The van der Waals surface area contributed by atoms with E-state index in [2.05, 4.69) is 10.6 Å². The average molecular weight is 492 g/mol. The zero-order valence-corrected chi connectivity index (χ0v) is 21.9. The summed E-state index contributed by atoms with van der Waals surface area (Å²) in [4.78, 5) is 51.8. The minimum Gasteiger partial charge on any atom is -0.466 e. The largest absolute Gasteiger partial charge is 0.466 e. The lowest BCUT2D eigenvalue weighted by atomic mass is 10.0. The first-order chi connectivity index (χ1) is 16.5. The molecule has 1 unspecified atom stereocenters. The summed E-state index contributed by atoms with van der Waals surface area (Å²) in [6, 6.07) is 6.61. The van der Waals surface area contributed by atoms with Crippen LogP contribution >= 0.6 is 0 Å². The van der Waals surface area contributed by atoms with Crippen molar-refractivity contribution in [3.05, 3.63) is 35.4 Å². The molecule has 9 heteroatoms. The number of nitrogens with zero attached hydrogens (tertiary/aromatic N) is 1. The van der Waals surface area contributed by atoms with Crippen LogP contribution in [-0.4, -0.2) is 60.6 Å². The predicted molar refractivity (Wildman–Crippen MR) is 134 cm³/mol. The molecule has 35 heavy (non-hydrogen) atoms. The molecular weight excluding hydrogens is 450 g/mol. The quantitative estimate of drug-likeness (QED) is 0.408. The summed E-state index contributed by atoms with van der Waals surface area (Å²) in [6.07, 6.45) is 1.66. The number of aryl methyl sites for hydroxylation is 1. The van der Waals surface area contributed by atoms with E-state index in [1.807, 2.05) is 38.1 Å². The van der Waals surface area contributed by atoms with Crippen molar-refractivity contribution < 1.29 is 28.7 Å². The third-order valence-corrected chi connectivity index (χ3v) is 5.05. The molecule has 1 rings (SSSR count). The van der Waals surface area contributed by atoms with Gasteiger partial charge in [0.15, 0.2) is 0 Å². The molecule has 1 aromatic rings. The van der Waals surface area contributed by atoms with Crippen molar-refractivity contribution in [1.82, 2.24) is 15.5 Å². The highest BCUT2D eigenvalue weighted by atomic mass is 16.6. The van der Waals surface area contributed by atoms with Gasteiger partial charge < -0.3 is 25.0 Å². The molecule has 0 saturated heterocycles. The maximum atomic E-state index is 13.3. The number of hydrogen-bond acceptors (Lipinski definition) is 6. The molecule has 3 amide bonds. The van der Waals surface area contributed by atoms with Crippen molar-refractivity contribution in [2.24, 2.45) is 0 Å². The van der Waals surface area contributed by atoms with Crippen molar-refractivity contribution in [3.63, 3.8) is 0 Å². The van der Waals surface area contributed by atoms with E-state index in [1.54, 1.807) is 27.7 Å². The van der Waals surface area contributed by atoms with Crippen LogP contribution in [0.15, 0.2) is 24.3 Å². The Bertz CT molecular complexity index is 832. The summed E-state index contributed by atoms with van der Waals surface area (Å²) < 4.78 is 10.1. The summed E-state index contributed by atoms with van der Waals surface area (Å²) in [6.45, 7) is 11.3. The Morgan fingerprint density at radius 2 is 1.66 bits per heavy atom. The predicted octanol–water partition coefficient (Wildman–Crippen LogP) is 3.51. The van der Waals surface area contributed by atoms with Crippen molar-refractivity contribution >= 4 is 23.9 Å². The van der Waals surface area contributed by atoms with Crippen molar-refractivity contribution in [2.45, 2.75) is 78.9 Å². The Hall–Kier alpha value is -3.10. The standard InChI is InChI=1S/C26H41N3O6/c1-7-10-17-29(21(30)18-28-25(33)35-26(4,5)6)23(20-13-11-19(8-2)12-14-20)24(32)27-16-15-22(31)34-9-3/h11-14,23H,7-10,15-18H2,1-6H3,(H,27,32)(H,28,33). The van der Waals surface area contributed by atoms with Gasteiger partial charge in [-0.15, -0.1) is 0 Å². The number of hydrogen-bond donors (Lipinski definition) is 2. The smallest absolute Gasteiger partial charge is 0.408 e. The zero-order valence-electron chi connectivity index (χ0n) is 21.9. The van der Waals surface area contributed by atoms with Crippen molar-refractivity contribution in [1.29, 1.82) is 0 Å². The molecule has 0 aliphatic rings. The average Bonchev–Trinajstić information content (AvgIpc) is 2.79. The minimum atomic E-state index is -0.914. The van der Waals surface area contributed by atoms with Crippen molar-refractivity contribution in [3.8, 4) is 0 Å². The minimum absolute atomic E-state index is 0.0319. The SMILES string of the molecule is CCCCN(C(=O)CNC(=O)OC(C)(C)C)C(C(=O)NCCC(=O)OCC)c1ccc(CC)cc1. The van der Waals surface area contributed by atoms with Gasteiger partial charge in [-0.2, -0.15) is 0 Å². The second-order valence-electron chi connectivity index (χ2n) is 9.14. The van der Waals surface area contributed by atoms with Crippen LogP contribution < -0.4 is 10.6 Å². The Balaban J connectivity index is 3.12. The van der Waals surface area contributed by atoms with Gasteiger partial charge in [0.05, 0.1) is 13.0 Å². The zero-order chi connectivity index (χ0) is 26.4. The van der Waals surface area contributed by atoms with E-state index >= 15 is 0 Å². The Kier molecular flexibility index (Phi) is 12.8. The van der Waals surface area contributed by atoms with E-state index in [0.717, 1.165) is 18.4 Å². The number of benzene rings is 1. The summed E-state index contributed by atoms with van der Waals surface area (Å²) in [7, 11) is 0. The topological polar surface area (TPSA) is 114 Å². The van der Waals surface area contributed by atoms with Crippen LogP contribution in [0.2, 0.25) is 0 Å². The maximum Gasteiger partial charge on any atom is 0.408 e. The molecule has 0 fully saturated rings. The molecule has 0 aliphatic carbocycles. The summed E-state index contributed by atoms with van der Waals surface area (Å²) in [5, 5.41) is 5.25. The molecule has 2 N–H and O–H groups in total. The van der Waals surface area contributed by atoms with Gasteiger partial charge in [-0.05, 0) is 51.7 Å². The number of esters is 1. The van der Waals surface area contributed by atoms with Gasteiger partial charge in [0, 0.05) is 13.1 Å². The van der Waals surface area contributed by atoms with Crippen LogP contribution in [0.5, 0.6) is 0 Å².